The molecule has 2 aromatic carbocycles. The average Bonchev–Trinajstić information content (AvgIpc) is 2.63. The van der Waals surface area contributed by atoms with E-state index in [1.165, 1.54) is 14.2 Å². The Labute approximate surface area is 166 Å². The maximum atomic E-state index is 12.8. The number of aryl methyl sites for hydroxylation is 2. The number of rotatable bonds is 7. The van der Waals surface area contributed by atoms with Crippen molar-refractivity contribution in [2.45, 2.75) is 26.8 Å². The molecule has 0 fully saturated rings. The first-order valence-corrected chi connectivity index (χ1v) is 10.5. The normalized spacial score (nSPS) is 12.2. The number of nitrogens with one attached hydrogen (secondary N) is 1. The van der Waals surface area contributed by atoms with E-state index in [1.807, 2.05) is 26.0 Å². The van der Waals surface area contributed by atoms with Crippen LogP contribution in [0.4, 0.5) is 11.4 Å². The molecule has 0 aliphatic heterocycles. The van der Waals surface area contributed by atoms with Crippen LogP contribution in [0.25, 0.3) is 0 Å². The second kappa shape index (κ2) is 8.52. The highest BCUT2D eigenvalue weighted by Crippen LogP contribution is 2.30. The zero-order chi connectivity index (χ0) is 21.1. The Balaban J connectivity index is 2.36. The van der Waals surface area contributed by atoms with E-state index in [9.17, 15) is 13.2 Å². The number of ether oxygens (including phenoxy) is 2. The van der Waals surface area contributed by atoms with Gasteiger partial charge in [0.2, 0.25) is 15.9 Å². The molecule has 2 rings (SSSR count). The van der Waals surface area contributed by atoms with Crippen LogP contribution in [0.3, 0.4) is 0 Å². The smallest absolute Gasteiger partial charge is 0.247 e. The first kappa shape index (κ1) is 21.6. The van der Waals surface area contributed by atoms with Crippen LogP contribution >= 0.6 is 0 Å². The van der Waals surface area contributed by atoms with E-state index < -0.39 is 22.0 Å². The first-order chi connectivity index (χ1) is 13.1. The molecule has 0 aliphatic carbocycles. The minimum Gasteiger partial charge on any atom is -0.493 e. The van der Waals surface area contributed by atoms with Crippen molar-refractivity contribution in [2.24, 2.45) is 0 Å². The summed E-state index contributed by atoms with van der Waals surface area (Å²) >= 11 is 0. The molecule has 28 heavy (non-hydrogen) atoms. The van der Waals surface area contributed by atoms with Gasteiger partial charge in [0, 0.05) is 11.8 Å². The third-order valence-electron chi connectivity index (χ3n) is 4.34. The zero-order valence-electron chi connectivity index (χ0n) is 16.9. The minimum absolute atomic E-state index is 0.460. The number of benzene rings is 2. The van der Waals surface area contributed by atoms with Crippen LogP contribution in [0.1, 0.15) is 18.1 Å². The minimum atomic E-state index is -3.69. The second-order valence-electron chi connectivity index (χ2n) is 6.58. The van der Waals surface area contributed by atoms with E-state index in [4.69, 9.17) is 9.47 Å². The number of nitrogens with zero attached hydrogens (tertiary/aromatic N) is 1. The van der Waals surface area contributed by atoms with Gasteiger partial charge in [0.05, 0.1) is 26.2 Å². The van der Waals surface area contributed by atoms with Crippen molar-refractivity contribution in [3.63, 3.8) is 0 Å². The summed E-state index contributed by atoms with van der Waals surface area (Å²) in [4.78, 5) is 12.8. The van der Waals surface area contributed by atoms with E-state index >= 15 is 0 Å². The fourth-order valence-electron chi connectivity index (χ4n) is 2.90. The molecule has 8 heteroatoms. The van der Waals surface area contributed by atoms with Gasteiger partial charge in [-0.1, -0.05) is 12.1 Å². The number of carbonyl (C=O) groups excluding carboxylic acids is 1. The van der Waals surface area contributed by atoms with Gasteiger partial charge in [-0.25, -0.2) is 8.42 Å². The van der Waals surface area contributed by atoms with Crippen LogP contribution < -0.4 is 19.1 Å². The highest BCUT2D eigenvalue weighted by Gasteiger charge is 2.30. The van der Waals surface area contributed by atoms with Gasteiger partial charge in [0.15, 0.2) is 11.5 Å². The van der Waals surface area contributed by atoms with Crippen molar-refractivity contribution >= 4 is 27.3 Å². The standard InChI is InChI=1S/C20H26N2O5S/c1-13-7-8-14(2)17(11-13)22(28(6,24)25)15(3)20(23)21-16-9-10-18(26-4)19(12-16)27-5/h7-12,15H,1-6H3,(H,21,23)/t15-/m1/s1. The Bertz CT molecular complexity index is 973. The van der Waals surface area contributed by atoms with Crippen LogP contribution in [0.15, 0.2) is 36.4 Å². The Hall–Kier alpha value is -2.74. The maximum Gasteiger partial charge on any atom is 0.247 e. The summed E-state index contributed by atoms with van der Waals surface area (Å²) in [5.41, 5.74) is 2.63. The molecule has 0 unspecified atom stereocenters. The van der Waals surface area contributed by atoms with Crippen LogP contribution in [-0.2, 0) is 14.8 Å². The van der Waals surface area contributed by atoms with Crippen molar-refractivity contribution in [2.75, 3.05) is 30.1 Å². The quantitative estimate of drug-likeness (QED) is 0.764. The SMILES string of the molecule is COc1ccc(NC(=O)[C@@H](C)N(c2cc(C)ccc2C)S(C)(=O)=O)cc1OC. The van der Waals surface area contributed by atoms with Gasteiger partial charge >= 0.3 is 0 Å². The number of hydrogen-bond donors (Lipinski definition) is 1. The average molecular weight is 407 g/mol. The van der Waals surface area contributed by atoms with Gasteiger partial charge in [-0.05, 0) is 50.1 Å². The van der Waals surface area contributed by atoms with Crippen LogP contribution in [0.5, 0.6) is 11.5 Å². The molecule has 7 nitrogen and oxygen atoms in total. The molecule has 0 heterocycles. The van der Waals surface area contributed by atoms with Gasteiger partial charge in [0.1, 0.15) is 6.04 Å². The molecule has 2 aromatic rings. The van der Waals surface area contributed by atoms with Gasteiger partial charge in [-0.3, -0.25) is 9.10 Å². The highest BCUT2D eigenvalue weighted by molar-refractivity contribution is 7.92. The van der Waals surface area contributed by atoms with Gasteiger partial charge in [-0.15, -0.1) is 0 Å². The highest BCUT2D eigenvalue weighted by atomic mass is 32.2. The third-order valence-corrected chi connectivity index (χ3v) is 5.57. The lowest BCUT2D eigenvalue weighted by Gasteiger charge is -2.29. The summed E-state index contributed by atoms with van der Waals surface area (Å²) in [5, 5.41) is 2.74. The largest absolute Gasteiger partial charge is 0.493 e. The predicted molar refractivity (Wildman–Crippen MR) is 111 cm³/mol. The number of anilines is 2. The molecular formula is C20H26N2O5S. The molecule has 0 bridgehead atoms. The van der Waals surface area contributed by atoms with Crippen molar-refractivity contribution in [3.8, 4) is 11.5 Å². The van der Waals surface area contributed by atoms with Gasteiger partial charge in [-0.2, -0.15) is 0 Å². The lowest BCUT2D eigenvalue weighted by Crippen LogP contribution is -2.45. The topological polar surface area (TPSA) is 84.9 Å². The van der Waals surface area contributed by atoms with Crippen LogP contribution in [0, 0.1) is 13.8 Å². The summed E-state index contributed by atoms with van der Waals surface area (Å²) in [6.07, 6.45) is 1.09. The lowest BCUT2D eigenvalue weighted by molar-refractivity contribution is -0.116. The lowest BCUT2D eigenvalue weighted by atomic mass is 10.1. The molecule has 0 aromatic heterocycles. The number of methoxy groups -OCH3 is 2. The fourth-order valence-corrected chi connectivity index (χ4v) is 4.12. The van der Waals surface area contributed by atoms with E-state index in [1.54, 1.807) is 31.2 Å². The summed E-state index contributed by atoms with van der Waals surface area (Å²) in [7, 11) is -0.671. The number of carbonyl (C=O) groups is 1. The molecule has 0 saturated carbocycles. The Kier molecular flexibility index (Phi) is 6.56. The molecule has 1 amide bonds. The fraction of sp³-hybridized carbons (Fsp3) is 0.350. The summed E-state index contributed by atoms with van der Waals surface area (Å²) in [6.45, 7) is 5.24. The molecule has 1 atom stereocenters. The molecule has 1 N–H and O–H groups in total. The maximum absolute atomic E-state index is 12.8. The van der Waals surface area contributed by atoms with E-state index in [0.29, 0.717) is 22.9 Å². The van der Waals surface area contributed by atoms with Gasteiger partial charge < -0.3 is 14.8 Å². The van der Waals surface area contributed by atoms with E-state index in [2.05, 4.69) is 5.32 Å². The Morgan fingerprint density at radius 1 is 1.04 bits per heavy atom. The third kappa shape index (κ3) is 4.75. The summed E-state index contributed by atoms with van der Waals surface area (Å²) < 4.78 is 36.5. The predicted octanol–water partition coefficient (Wildman–Crippen LogP) is 3.11. The molecule has 152 valence electrons. The van der Waals surface area contributed by atoms with Crippen molar-refractivity contribution in [3.05, 3.63) is 47.5 Å². The monoisotopic (exact) mass is 406 g/mol. The van der Waals surface area contributed by atoms with Crippen LogP contribution in [0.2, 0.25) is 0 Å². The van der Waals surface area contributed by atoms with E-state index in [0.717, 1.165) is 21.7 Å². The second-order valence-corrected chi connectivity index (χ2v) is 8.44. The van der Waals surface area contributed by atoms with Crippen molar-refractivity contribution in [1.29, 1.82) is 0 Å². The first-order valence-electron chi connectivity index (χ1n) is 8.68. The van der Waals surface area contributed by atoms with E-state index in [-0.39, 0.29) is 0 Å². The molecule has 0 spiro atoms. The molecular weight excluding hydrogens is 380 g/mol. The van der Waals surface area contributed by atoms with Crippen molar-refractivity contribution in [1.82, 2.24) is 0 Å². The summed E-state index contributed by atoms with van der Waals surface area (Å²) in [5.74, 6) is 0.530. The zero-order valence-corrected chi connectivity index (χ0v) is 17.8. The molecule has 0 radical (unpaired) electrons. The number of amides is 1. The molecule has 0 aliphatic rings. The number of sulfonamides is 1. The Morgan fingerprint density at radius 3 is 2.25 bits per heavy atom. The Morgan fingerprint density at radius 2 is 1.68 bits per heavy atom. The van der Waals surface area contributed by atoms with Crippen molar-refractivity contribution < 1.29 is 22.7 Å². The number of hydrogen-bond acceptors (Lipinski definition) is 5. The summed E-state index contributed by atoms with van der Waals surface area (Å²) in [6, 6.07) is 9.48. The molecule has 0 saturated heterocycles. The van der Waals surface area contributed by atoms with Gasteiger partial charge in [0.25, 0.3) is 0 Å². The van der Waals surface area contributed by atoms with Crippen LogP contribution in [-0.4, -0.2) is 40.8 Å².